The van der Waals surface area contributed by atoms with Crippen molar-refractivity contribution >= 4 is 17.3 Å². The average molecular weight is 173 g/mol. The Balaban J connectivity index is 3.09. The Morgan fingerprint density at radius 1 is 1.73 bits per heavy atom. The summed E-state index contributed by atoms with van der Waals surface area (Å²) >= 11 is 5.72. The summed E-state index contributed by atoms with van der Waals surface area (Å²) in [5, 5.41) is 9.51. The van der Waals surface area contributed by atoms with Gasteiger partial charge in [-0.05, 0) is 13.0 Å². The minimum atomic E-state index is -0.650. The number of aliphatic hydroxyl groups excluding tert-OH is 1. The predicted octanol–water partition coefficient (Wildman–Crippen LogP) is 1.37. The Labute approximate surface area is 69.8 Å². The van der Waals surface area contributed by atoms with E-state index in [-0.39, 0.29) is 0 Å². The van der Waals surface area contributed by atoms with E-state index in [1.807, 2.05) is 0 Å². The van der Waals surface area contributed by atoms with E-state index in [0.29, 0.717) is 16.4 Å². The molecule has 0 aromatic carbocycles. The third-order valence-electron chi connectivity index (χ3n) is 1.29. The maximum Gasteiger partial charge on any atom is 0.0946 e. The summed E-state index contributed by atoms with van der Waals surface area (Å²) < 4.78 is 0. The van der Waals surface area contributed by atoms with Crippen LogP contribution in [0.1, 0.15) is 18.7 Å². The van der Waals surface area contributed by atoms with Crippen LogP contribution in [0.25, 0.3) is 0 Å². The molecule has 0 saturated heterocycles. The smallest absolute Gasteiger partial charge is 0.0946 e. The average Bonchev–Trinajstić information content (AvgIpc) is 1.85. The van der Waals surface area contributed by atoms with Gasteiger partial charge in [-0.3, -0.25) is 4.98 Å². The molecule has 1 unspecified atom stereocenters. The summed E-state index contributed by atoms with van der Waals surface area (Å²) in [6.07, 6.45) is 0.816. The summed E-state index contributed by atoms with van der Waals surface area (Å²) in [5.41, 5.74) is 6.36. The molecule has 60 valence electrons. The van der Waals surface area contributed by atoms with Gasteiger partial charge in [0.05, 0.1) is 28.7 Å². The molecule has 3 N–H and O–H groups in total. The van der Waals surface area contributed by atoms with E-state index in [9.17, 15) is 0 Å². The lowest BCUT2D eigenvalue weighted by atomic mass is 10.2. The molecule has 3 nitrogen and oxygen atoms in total. The first-order valence-corrected chi connectivity index (χ1v) is 3.58. The molecular formula is C7H9ClN2O. The third-order valence-corrected chi connectivity index (χ3v) is 1.59. The Morgan fingerprint density at radius 3 is 2.82 bits per heavy atom. The summed E-state index contributed by atoms with van der Waals surface area (Å²) in [6.45, 7) is 1.60. The van der Waals surface area contributed by atoms with Crippen molar-refractivity contribution < 1.29 is 5.11 Å². The molecule has 0 saturated carbocycles. The number of halogens is 1. The van der Waals surface area contributed by atoms with Crippen molar-refractivity contribution in [2.75, 3.05) is 5.73 Å². The van der Waals surface area contributed by atoms with E-state index in [0.717, 1.165) is 0 Å². The zero-order chi connectivity index (χ0) is 8.43. The molecule has 11 heavy (non-hydrogen) atoms. The number of pyridine rings is 1. The van der Waals surface area contributed by atoms with Crippen LogP contribution in [0.5, 0.6) is 0 Å². The highest BCUT2D eigenvalue weighted by Gasteiger charge is 2.07. The number of rotatable bonds is 1. The molecule has 1 atom stereocenters. The van der Waals surface area contributed by atoms with Gasteiger partial charge in [-0.25, -0.2) is 0 Å². The predicted molar refractivity (Wildman–Crippen MR) is 44.3 cm³/mol. The van der Waals surface area contributed by atoms with E-state index in [4.69, 9.17) is 22.4 Å². The zero-order valence-corrected chi connectivity index (χ0v) is 6.84. The van der Waals surface area contributed by atoms with Crippen molar-refractivity contribution in [3.63, 3.8) is 0 Å². The molecule has 4 heteroatoms. The number of nitrogens with two attached hydrogens (primary N) is 1. The van der Waals surface area contributed by atoms with E-state index in [1.165, 1.54) is 6.20 Å². The van der Waals surface area contributed by atoms with Gasteiger partial charge in [0.15, 0.2) is 0 Å². The molecule has 1 heterocycles. The fraction of sp³-hybridized carbons (Fsp3) is 0.286. The quantitative estimate of drug-likeness (QED) is 0.673. The highest BCUT2D eigenvalue weighted by molar-refractivity contribution is 6.31. The van der Waals surface area contributed by atoms with Gasteiger partial charge in [0, 0.05) is 0 Å². The normalized spacial score (nSPS) is 13.0. The van der Waals surface area contributed by atoms with Crippen LogP contribution in [-0.4, -0.2) is 10.1 Å². The van der Waals surface area contributed by atoms with Gasteiger partial charge in [-0.1, -0.05) is 11.6 Å². The first kappa shape index (κ1) is 8.30. The second-order valence-electron chi connectivity index (χ2n) is 2.31. The molecule has 0 amide bonds. The van der Waals surface area contributed by atoms with Crippen molar-refractivity contribution in [2.24, 2.45) is 0 Å². The molecule has 0 bridgehead atoms. The molecule has 0 aliphatic carbocycles. The van der Waals surface area contributed by atoms with Gasteiger partial charge in [0.25, 0.3) is 0 Å². The highest BCUT2D eigenvalue weighted by atomic mass is 35.5. The summed E-state index contributed by atoms with van der Waals surface area (Å²) in [6, 6.07) is 1.57. The Morgan fingerprint density at radius 2 is 2.36 bits per heavy atom. The number of nitrogens with zero attached hydrogens (tertiary/aromatic N) is 1. The van der Waals surface area contributed by atoms with Crippen LogP contribution in [0, 0.1) is 0 Å². The molecule has 1 aromatic heterocycles. The van der Waals surface area contributed by atoms with Gasteiger partial charge in [-0.15, -0.1) is 0 Å². The maximum atomic E-state index is 9.11. The SMILES string of the molecule is CC(O)c1ncc(N)cc1Cl. The monoisotopic (exact) mass is 172 g/mol. The summed E-state index contributed by atoms with van der Waals surface area (Å²) in [7, 11) is 0. The standard InChI is InChI=1S/C7H9ClN2O/c1-4(11)7-6(8)2-5(9)3-10-7/h2-4,11H,9H2,1H3. The van der Waals surface area contributed by atoms with Crippen molar-refractivity contribution in [3.8, 4) is 0 Å². The van der Waals surface area contributed by atoms with Crippen LogP contribution in [0.15, 0.2) is 12.3 Å². The lowest BCUT2D eigenvalue weighted by Gasteiger charge is -2.05. The number of aromatic nitrogens is 1. The van der Waals surface area contributed by atoms with Crippen molar-refractivity contribution in [3.05, 3.63) is 23.0 Å². The number of nitrogen functional groups attached to an aromatic ring is 1. The number of hydrogen-bond acceptors (Lipinski definition) is 3. The van der Waals surface area contributed by atoms with E-state index in [1.54, 1.807) is 13.0 Å². The minimum absolute atomic E-state index is 0.403. The van der Waals surface area contributed by atoms with Gasteiger partial charge in [0.2, 0.25) is 0 Å². The molecular weight excluding hydrogens is 164 g/mol. The van der Waals surface area contributed by atoms with Crippen LogP contribution < -0.4 is 5.73 Å². The minimum Gasteiger partial charge on any atom is -0.397 e. The van der Waals surface area contributed by atoms with E-state index < -0.39 is 6.10 Å². The number of anilines is 1. The van der Waals surface area contributed by atoms with Gasteiger partial charge < -0.3 is 10.8 Å². The Bertz CT molecular complexity index is 263. The fourth-order valence-corrected chi connectivity index (χ4v) is 1.10. The molecule has 0 spiro atoms. The van der Waals surface area contributed by atoms with Crippen molar-refractivity contribution in [1.82, 2.24) is 4.98 Å². The molecule has 0 radical (unpaired) electrons. The lowest BCUT2D eigenvalue weighted by Crippen LogP contribution is -1.97. The van der Waals surface area contributed by atoms with E-state index >= 15 is 0 Å². The fourth-order valence-electron chi connectivity index (χ4n) is 0.771. The molecule has 0 aliphatic heterocycles. The van der Waals surface area contributed by atoms with Crippen LogP contribution in [0.3, 0.4) is 0 Å². The molecule has 1 rings (SSSR count). The van der Waals surface area contributed by atoms with E-state index in [2.05, 4.69) is 4.98 Å². The van der Waals surface area contributed by atoms with Gasteiger partial charge in [0.1, 0.15) is 0 Å². The summed E-state index contributed by atoms with van der Waals surface area (Å²) in [5.74, 6) is 0. The van der Waals surface area contributed by atoms with Crippen LogP contribution >= 0.6 is 11.6 Å². The molecule has 0 fully saturated rings. The van der Waals surface area contributed by atoms with Crippen molar-refractivity contribution in [2.45, 2.75) is 13.0 Å². The Kier molecular flexibility index (Phi) is 2.31. The van der Waals surface area contributed by atoms with Gasteiger partial charge in [-0.2, -0.15) is 0 Å². The van der Waals surface area contributed by atoms with Crippen LogP contribution in [0.2, 0.25) is 5.02 Å². The largest absolute Gasteiger partial charge is 0.397 e. The van der Waals surface area contributed by atoms with Crippen molar-refractivity contribution in [1.29, 1.82) is 0 Å². The maximum absolute atomic E-state index is 9.11. The lowest BCUT2D eigenvalue weighted by molar-refractivity contribution is 0.194. The second kappa shape index (κ2) is 3.07. The number of hydrogen-bond donors (Lipinski definition) is 2. The molecule has 1 aromatic rings. The molecule has 0 aliphatic rings. The summed E-state index contributed by atoms with van der Waals surface area (Å²) in [4.78, 5) is 3.87. The number of aliphatic hydroxyl groups is 1. The first-order chi connectivity index (χ1) is 5.11. The topological polar surface area (TPSA) is 59.1 Å². The Hall–Kier alpha value is -0.800. The second-order valence-corrected chi connectivity index (χ2v) is 2.72. The third kappa shape index (κ3) is 1.82. The van der Waals surface area contributed by atoms with Crippen LogP contribution in [-0.2, 0) is 0 Å². The zero-order valence-electron chi connectivity index (χ0n) is 6.08. The van der Waals surface area contributed by atoms with Crippen LogP contribution in [0.4, 0.5) is 5.69 Å². The first-order valence-electron chi connectivity index (χ1n) is 3.20. The highest BCUT2D eigenvalue weighted by Crippen LogP contribution is 2.21. The van der Waals surface area contributed by atoms with Gasteiger partial charge >= 0.3 is 0 Å².